The van der Waals surface area contributed by atoms with E-state index in [2.05, 4.69) is 11.1 Å². The number of rotatable bonds is 3. The topological polar surface area (TPSA) is 96.9 Å². The fraction of sp³-hybridized carbons (Fsp3) is 0.600. The van der Waals surface area contributed by atoms with E-state index in [0.717, 1.165) is 0 Å². The molecule has 0 bridgehead atoms. The average molecular weight is 146 g/mol. The minimum absolute atomic E-state index is 0.385. The first-order valence-corrected chi connectivity index (χ1v) is 2.84. The van der Waals surface area contributed by atoms with Crippen molar-refractivity contribution in [3.63, 3.8) is 0 Å². The lowest BCUT2D eigenvalue weighted by molar-refractivity contribution is -0.398. The van der Waals surface area contributed by atoms with Crippen molar-refractivity contribution in [3.05, 3.63) is 0 Å². The van der Waals surface area contributed by atoms with E-state index in [9.17, 15) is 14.7 Å². The number of carboxylic acids is 1. The standard InChI is InChI=1S/C5H10N2O3/c1-3(6)5(10)7-2-4(8)9/h3H,2,6H2,1H3,(H,7,10)(H,8,9). The fourth-order valence-electron chi connectivity index (χ4n) is 0.334. The summed E-state index contributed by atoms with van der Waals surface area (Å²) in [4.78, 5) is 20.4. The Bertz CT molecular complexity index is 144. The summed E-state index contributed by atoms with van der Waals surface area (Å²) in [5.74, 6) is -1.68. The molecule has 0 aromatic carbocycles. The average Bonchev–Trinajstić information content (AvgIpc) is 1.82. The molecule has 10 heavy (non-hydrogen) atoms. The van der Waals surface area contributed by atoms with Gasteiger partial charge in [-0.1, -0.05) is 0 Å². The first-order valence-electron chi connectivity index (χ1n) is 2.84. The van der Waals surface area contributed by atoms with Crippen LogP contribution < -0.4 is 16.2 Å². The summed E-state index contributed by atoms with van der Waals surface area (Å²) in [6, 6.07) is -0.431. The summed E-state index contributed by atoms with van der Waals surface area (Å²) in [7, 11) is 0. The number of hydrogen-bond acceptors (Lipinski definition) is 3. The van der Waals surface area contributed by atoms with Crippen LogP contribution in [0.15, 0.2) is 0 Å². The van der Waals surface area contributed by atoms with Crippen LogP contribution in [0.5, 0.6) is 0 Å². The lowest BCUT2D eigenvalue weighted by Crippen LogP contribution is -2.66. The second-order valence-corrected chi connectivity index (χ2v) is 1.99. The molecule has 4 N–H and O–H groups in total. The second-order valence-electron chi connectivity index (χ2n) is 1.99. The zero-order valence-electron chi connectivity index (χ0n) is 5.72. The molecule has 0 aliphatic heterocycles. The Morgan fingerprint density at radius 2 is 2.20 bits per heavy atom. The van der Waals surface area contributed by atoms with E-state index in [0.29, 0.717) is 0 Å². The molecule has 0 saturated carbocycles. The lowest BCUT2D eigenvalue weighted by Gasteiger charge is -2.04. The van der Waals surface area contributed by atoms with E-state index in [4.69, 9.17) is 0 Å². The quantitative estimate of drug-likeness (QED) is 0.432. The molecule has 0 aromatic heterocycles. The van der Waals surface area contributed by atoms with Crippen LogP contribution in [-0.4, -0.2) is 24.5 Å². The van der Waals surface area contributed by atoms with Crippen LogP contribution >= 0.6 is 0 Å². The Morgan fingerprint density at radius 3 is 2.50 bits per heavy atom. The number of carboxylic acid groups (broad SMARTS) is 1. The molecule has 1 unspecified atom stereocenters. The van der Waals surface area contributed by atoms with Crippen molar-refractivity contribution < 1.29 is 20.4 Å². The van der Waals surface area contributed by atoms with Crippen LogP contribution in [0, 0.1) is 0 Å². The zero-order chi connectivity index (χ0) is 8.15. The number of hydrogen-bond donors (Lipinski definition) is 2. The molecule has 0 saturated heterocycles. The first-order chi connectivity index (χ1) is 4.54. The third-order valence-electron chi connectivity index (χ3n) is 0.855. The van der Waals surface area contributed by atoms with Crippen LogP contribution in [0.25, 0.3) is 0 Å². The van der Waals surface area contributed by atoms with Gasteiger partial charge in [-0.2, -0.15) is 0 Å². The third-order valence-corrected chi connectivity index (χ3v) is 0.855. The molecule has 5 nitrogen and oxygen atoms in total. The third kappa shape index (κ3) is 3.85. The molecule has 5 heteroatoms. The van der Waals surface area contributed by atoms with Gasteiger partial charge in [0.1, 0.15) is 0 Å². The van der Waals surface area contributed by atoms with Crippen LogP contribution in [-0.2, 0) is 9.59 Å². The van der Waals surface area contributed by atoms with E-state index in [1.165, 1.54) is 0 Å². The summed E-state index contributed by atoms with van der Waals surface area (Å²) in [5.41, 5.74) is 3.39. The van der Waals surface area contributed by atoms with Gasteiger partial charge >= 0.3 is 0 Å². The fourth-order valence-corrected chi connectivity index (χ4v) is 0.334. The van der Waals surface area contributed by atoms with Crippen LogP contribution in [0.1, 0.15) is 6.92 Å². The maximum atomic E-state index is 10.6. The molecule has 0 aliphatic carbocycles. The number of quaternary nitrogens is 1. The molecule has 1 amide bonds. The van der Waals surface area contributed by atoms with Gasteiger partial charge in [0.05, 0.1) is 12.5 Å². The normalized spacial score (nSPS) is 12.2. The maximum Gasteiger partial charge on any atom is 0.278 e. The van der Waals surface area contributed by atoms with Crippen LogP contribution in [0.4, 0.5) is 0 Å². The van der Waals surface area contributed by atoms with E-state index < -0.39 is 18.6 Å². The predicted molar refractivity (Wildman–Crippen MR) is 30.4 cm³/mol. The second kappa shape index (κ2) is 3.84. The monoisotopic (exact) mass is 146 g/mol. The Labute approximate surface area is 58.2 Å². The molecule has 0 fully saturated rings. The Balaban J connectivity index is 3.50. The smallest absolute Gasteiger partial charge is 0.278 e. The Morgan fingerprint density at radius 1 is 1.70 bits per heavy atom. The molecule has 0 heterocycles. The van der Waals surface area contributed by atoms with Gasteiger partial charge in [0.25, 0.3) is 5.91 Å². The molecular formula is C5H10N2O3. The number of carbonyl (C=O) groups excluding carboxylic acids is 2. The minimum atomic E-state index is -1.30. The van der Waals surface area contributed by atoms with E-state index in [-0.39, 0.29) is 5.91 Å². The molecule has 58 valence electrons. The molecular weight excluding hydrogens is 136 g/mol. The molecule has 0 aliphatic rings. The first kappa shape index (κ1) is 8.90. The SMILES string of the molecule is CC([NH3+])C(=O)NCC(=O)[O-]. The van der Waals surface area contributed by atoms with Gasteiger partial charge in [-0.05, 0) is 6.92 Å². The van der Waals surface area contributed by atoms with Crippen molar-refractivity contribution in [1.29, 1.82) is 0 Å². The van der Waals surface area contributed by atoms with Crippen molar-refractivity contribution in [2.24, 2.45) is 0 Å². The number of amides is 1. The van der Waals surface area contributed by atoms with Gasteiger partial charge in [-0.3, -0.25) is 4.79 Å². The molecule has 0 aromatic rings. The van der Waals surface area contributed by atoms with E-state index in [1.54, 1.807) is 6.92 Å². The van der Waals surface area contributed by atoms with Gasteiger partial charge in [-0.25, -0.2) is 0 Å². The lowest BCUT2D eigenvalue weighted by atomic mass is 10.3. The van der Waals surface area contributed by atoms with Crippen LogP contribution in [0.3, 0.4) is 0 Å². The minimum Gasteiger partial charge on any atom is -0.548 e. The Hall–Kier alpha value is -1.10. The number of nitrogens with one attached hydrogen (secondary N) is 1. The predicted octanol–water partition coefficient (Wildman–Crippen LogP) is -3.52. The highest BCUT2D eigenvalue weighted by atomic mass is 16.4. The summed E-state index contributed by atoms with van der Waals surface area (Å²) in [5, 5.41) is 11.9. The molecule has 1 atom stereocenters. The van der Waals surface area contributed by atoms with Gasteiger partial charge in [0.2, 0.25) is 0 Å². The van der Waals surface area contributed by atoms with Gasteiger partial charge in [0, 0.05) is 0 Å². The van der Waals surface area contributed by atoms with Gasteiger partial charge < -0.3 is 21.0 Å². The van der Waals surface area contributed by atoms with Crippen molar-refractivity contribution in [2.75, 3.05) is 6.54 Å². The van der Waals surface area contributed by atoms with Crippen molar-refractivity contribution in [3.8, 4) is 0 Å². The summed E-state index contributed by atoms with van der Waals surface area (Å²) >= 11 is 0. The molecule has 0 spiro atoms. The van der Waals surface area contributed by atoms with Crippen molar-refractivity contribution >= 4 is 11.9 Å². The van der Waals surface area contributed by atoms with E-state index >= 15 is 0 Å². The van der Waals surface area contributed by atoms with Crippen LogP contribution in [0.2, 0.25) is 0 Å². The highest BCUT2D eigenvalue weighted by molar-refractivity contribution is 5.83. The van der Waals surface area contributed by atoms with Crippen molar-refractivity contribution in [2.45, 2.75) is 13.0 Å². The number of aliphatic carboxylic acids is 1. The summed E-state index contributed by atoms with van der Waals surface area (Å²) < 4.78 is 0. The zero-order valence-corrected chi connectivity index (χ0v) is 5.72. The highest BCUT2D eigenvalue weighted by Crippen LogP contribution is 1.69. The van der Waals surface area contributed by atoms with Gasteiger partial charge in [0.15, 0.2) is 6.04 Å². The summed E-state index contributed by atoms with van der Waals surface area (Å²) in [6.45, 7) is 1.13. The summed E-state index contributed by atoms with van der Waals surface area (Å²) in [6.07, 6.45) is 0. The Kier molecular flexibility index (Phi) is 3.42. The molecule has 0 rings (SSSR count). The maximum absolute atomic E-state index is 10.6. The largest absolute Gasteiger partial charge is 0.548 e. The van der Waals surface area contributed by atoms with Crippen molar-refractivity contribution in [1.82, 2.24) is 5.32 Å². The van der Waals surface area contributed by atoms with Gasteiger partial charge in [-0.15, -0.1) is 0 Å². The number of carbonyl (C=O) groups is 2. The highest BCUT2D eigenvalue weighted by Gasteiger charge is 2.08. The van der Waals surface area contributed by atoms with E-state index in [1.807, 2.05) is 0 Å². The molecule has 0 radical (unpaired) electrons.